The van der Waals surface area contributed by atoms with E-state index in [4.69, 9.17) is 4.74 Å². The number of nitrogens with one attached hydrogen (secondary N) is 1. The zero-order valence-corrected chi connectivity index (χ0v) is 12.1. The van der Waals surface area contributed by atoms with E-state index in [1.165, 1.54) is 25.7 Å². The first-order chi connectivity index (χ1) is 8.69. The molecule has 1 fully saturated rings. The quantitative estimate of drug-likeness (QED) is 0.673. The number of likely N-dealkylation sites (N-methyl/N-ethyl adjacent to an activating group) is 1. The molecule has 0 bridgehead atoms. The van der Waals surface area contributed by atoms with Gasteiger partial charge in [0.05, 0.1) is 18.8 Å². The zero-order chi connectivity index (χ0) is 13.4. The highest BCUT2D eigenvalue weighted by Crippen LogP contribution is 2.20. The summed E-state index contributed by atoms with van der Waals surface area (Å²) < 4.78 is 5.76. The lowest BCUT2D eigenvalue weighted by atomic mass is 10.3. The molecule has 4 nitrogen and oxygen atoms in total. The van der Waals surface area contributed by atoms with Gasteiger partial charge in [0.1, 0.15) is 0 Å². The second-order valence-electron chi connectivity index (χ2n) is 4.96. The predicted octanol–water partition coefficient (Wildman–Crippen LogP) is 1.79. The zero-order valence-electron chi connectivity index (χ0n) is 12.1. The van der Waals surface area contributed by atoms with Gasteiger partial charge in [0.25, 0.3) is 0 Å². The van der Waals surface area contributed by atoms with Crippen LogP contribution in [-0.4, -0.2) is 49.2 Å². The lowest BCUT2D eigenvalue weighted by molar-refractivity contribution is -0.132. The Balaban J connectivity index is 2.11. The molecule has 1 unspecified atom stereocenters. The predicted molar refractivity (Wildman–Crippen MR) is 73.6 cm³/mol. The fourth-order valence-corrected chi connectivity index (χ4v) is 2.45. The van der Waals surface area contributed by atoms with Crippen molar-refractivity contribution < 1.29 is 9.53 Å². The molecule has 1 amide bonds. The molecule has 0 aromatic carbocycles. The van der Waals surface area contributed by atoms with Gasteiger partial charge in [-0.3, -0.25) is 4.79 Å². The van der Waals surface area contributed by atoms with Crippen molar-refractivity contribution in [2.24, 2.45) is 0 Å². The molecule has 1 saturated carbocycles. The van der Waals surface area contributed by atoms with E-state index in [0.717, 1.165) is 19.6 Å². The molecule has 18 heavy (non-hydrogen) atoms. The van der Waals surface area contributed by atoms with Crippen LogP contribution in [0.15, 0.2) is 0 Å². The van der Waals surface area contributed by atoms with Crippen LogP contribution in [-0.2, 0) is 9.53 Å². The molecule has 1 rings (SSSR count). The van der Waals surface area contributed by atoms with Gasteiger partial charge in [-0.05, 0) is 33.6 Å². The van der Waals surface area contributed by atoms with Crippen molar-refractivity contribution in [3.05, 3.63) is 0 Å². The third-order valence-corrected chi connectivity index (χ3v) is 3.65. The van der Waals surface area contributed by atoms with Gasteiger partial charge in [-0.1, -0.05) is 12.8 Å². The highest BCUT2D eigenvalue weighted by molar-refractivity contribution is 5.81. The smallest absolute Gasteiger partial charge is 0.239 e. The van der Waals surface area contributed by atoms with Gasteiger partial charge in [0.15, 0.2) is 0 Å². The van der Waals surface area contributed by atoms with Crippen molar-refractivity contribution in [3.63, 3.8) is 0 Å². The van der Waals surface area contributed by atoms with Crippen molar-refractivity contribution in [2.45, 2.75) is 58.6 Å². The summed E-state index contributed by atoms with van der Waals surface area (Å²) in [5.41, 5.74) is 0. The van der Waals surface area contributed by atoms with Gasteiger partial charge in [0.2, 0.25) is 5.91 Å². The Bertz CT molecular complexity index is 236. The SMILES string of the molecule is CCN(CC)C(=O)C(C)NCCOC1CCCC1. The first kappa shape index (κ1) is 15.4. The van der Waals surface area contributed by atoms with Crippen molar-refractivity contribution >= 4 is 5.91 Å². The van der Waals surface area contributed by atoms with Crippen molar-refractivity contribution in [1.29, 1.82) is 0 Å². The average molecular weight is 256 g/mol. The molecule has 0 heterocycles. The van der Waals surface area contributed by atoms with Crippen LogP contribution in [0, 0.1) is 0 Å². The maximum absolute atomic E-state index is 12.0. The molecule has 0 radical (unpaired) electrons. The van der Waals surface area contributed by atoms with Crippen LogP contribution in [0.25, 0.3) is 0 Å². The van der Waals surface area contributed by atoms with E-state index in [2.05, 4.69) is 5.32 Å². The number of carbonyl (C=O) groups is 1. The summed E-state index contributed by atoms with van der Waals surface area (Å²) in [6, 6.07) is -0.114. The molecule has 106 valence electrons. The highest BCUT2D eigenvalue weighted by atomic mass is 16.5. The lowest BCUT2D eigenvalue weighted by Gasteiger charge is -2.23. The maximum atomic E-state index is 12.0. The summed E-state index contributed by atoms with van der Waals surface area (Å²) in [4.78, 5) is 13.8. The van der Waals surface area contributed by atoms with E-state index in [0.29, 0.717) is 12.7 Å². The minimum absolute atomic E-state index is 0.114. The first-order valence-corrected chi connectivity index (χ1v) is 7.32. The summed E-state index contributed by atoms with van der Waals surface area (Å²) in [6.45, 7) is 8.97. The fourth-order valence-electron chi connectivity index (χ4n) is 2.45. The Labute approximate surface area is 111 Å². The van der Waals surface area contributed by atoms with Crippen molar-refractivity contribution in [2.75, 3.05) is 26.2 Å². The summed E-state index contributed by atoms with van der Waals surface area (Å²) in [6.07, 6.45) is 5.46. The topological polar surface area (TPSA) is 41.6 Å². The largest absolute Gasteiger partial charge is 0.377 e. The van der Waals surface area contributed by atoms with Gasteiger partial charge in [-0.2, -0.15) is 0 Å². The Morgan fingerprint density at radius 2 is 1.94 bits per heavy atom. The Hall–Kier alpha value is -0.610. The van der Waals surface area contributed by atoms with Gasteiger partial charge in [-0.25, -0.2) is 0 Å². The van der Waals surface area contributed by atoms with Gasteiger partial charge in [0, 0.05) is 19.6 Å². The van der Waals surface area contributed by atoms with E-state index in [1.807, 2.05) is 25.7 Å². The number of ether oxygens (including phenoxy) is 1. The van der Waals surface area contributed by atoms with E-state index < -0.39 is 0 Å². The van der Waals surface area contributed by atoms with Gasteiger partial charge < -0.3 is 15.0 Å². The van der Waals surface area contributed by atoms with E-state index in [1.54, 1.807) is 0 Å². The molecule has 1 N–H and O–H groups in total. The number of nitrogens with zero attached hydrogens (tertiary/aromatic N) is 1. The van der Waals surface area contributed by atoms with E-state index in [9.17, 15) is 4.79 Å². The van der Waals surface area contributed by atoms with Gasteiger partial charge >= 0.3 is 0 Å². The summed E-state index contributed by atoms with van der Waals surface area (Å²) in [5, 5.41) is 3.24. The molecule has 1 atom stereocenters. The fraction of sp³-hybridized carbons (Fsp3) is 0.929. The second-order valence-corrected chi connectivity index (χ2v) is 4.96. The normalized spacial score (nSPS) is 17.9. The average Bonchev–Trinajstić information content (AvgIpc) is 2.88. The van der Waals surface area contributed by atoms with Gasteiger partial charge in [-0.15, -0.1) is 0 Å². The van der Waals surface area contributed by atoms with Crippen LogP contribution in [0.2, 0.25) is 0 Å². The molecular formula is C14H28N2O2. The number of hydrogen-bond acceptors (Lipinski definition) is 3. The Morgan fingerprint density at radius 1 is 1.33 bits per heavy atom. The summed E-state index contributed by atoms with van der Waals surface area (Å²) >= 11 is 0. The number of carbonyl (C=O) groups excluding carboxylic acids is 1. The molecule has 0 spiro atoms. The monoisotopic (exact) mass is 256 g/mol. The van der Waals surface area contributed by atoms with Crippen LogP contribution < -0.4 is 5.32 Å². The molecule has 1 aliphatic carbocycles. The van der Waals surface area contributed by atoms with Crippen LogP contribution in [0.3, 0.4) is 0 Å². The third-order valence-electron chi connectivity index (χ3n) is 3.65. The molecular weight excluding hydrogens is 228 g/mol. The Kier molecular flexibility index (Phi) is 7.28. The van der Waals surface area contributed by atoms with Crippen molar-refractivity contribution in [3.8, 4) is 0 Å². The van der Waals surface area contributed by atoms with Crippen LogP contribution in [0.1, 0.15) is 46.5 Å². The van der Waals surface area contributed by atoms with Crippen molar-refractivity contribution in [1.82, 2.24) is 10.2 Å². The molecule has 0 aromatic heterocycles. The second kappa shape index (κ2) is 8.48. The number of hydrogen-bond donors (Lipinski definition) is 1. The van der Waals surface area contributed by atoms with Crippen LogP contribution in [0.4, 0.5) is 0 Å². The van der Waals surface area contributed by atoms with Crippen LogP contribution in [0.5, 0.6) is 0 Å². The van der Waals surface area contributed by atoms with E-state index in [-0.39, 0.29) is 11.9 Å². The maximum Gasteiger partial charge on any atom is 0.239 e. The molecule has 1 aliphatic rings. The number of amides is 1. The standard InChI is InChI=1S/C14H28N2O2/c1-4-16(5-2)14(17)12(3)15-10-11-18-13-8-6-7-9-13/h12-13,15H,4-11H2,1-3H3. The Morgan fingerprint density at radius 3 is 2.50 bits per heavy atom. The lowest BCUT2D eigenvalue weighted by Crippen LogP contribution is -2.45. The summed E-state index contributed by atoms with van der Waals surface area (Å²) in [7, 11) is 0. The number of rotatable bonds is 8. The minimum atomic E-state index is -0.114. The highest BCUT2D eigenvalue weighted by Gasteiger charge is 2.18. The molecule has 4 heteroatoms. The summed E-state index contributed by atoms with van der Waals surface area (Å²) in [5.74, 6) is 0.181. The van der Waals surface area contributed by atoms with Crippen LogP contribution >= 0.6 is 0 Å². The molecule has 0 aliphatic heterocycles. The minimum Gasteiger partial charge on any atom is -0.377 e. The molecule has 0 aromatic rings. The molecule has 0 saturated heterocycles. The van der Waals surface area contributed by atoms with E-state index >= 15 is 0 Å². The third kappa shape index (κ3) is 4.94. The first-order valence-electron chi connectivity index (χ1n) is 7.32.